The minimum absolute atomic E-state index is 0.168. The zero-order valence-corrected chi connectivity index (χ0v) is 11.0. The van der Waals surface area contributed by atoms with Crippen LogP contribution >= 0.6 is 10.7 Å². The molecule has 0 unspecified atom stereocenters. The fraction of sp³-hybridized carbons (Fsp3) is 0.364. The molecule has 1 aromatic rings. The third-order valence-corrected chi connectivity index (χ3v) is 3.25. The Hall–Kier alpha value is -1.25. The SMILES string of the molecule is CC(C)COc1ccc(C#N)cc1S(=O)(=O)Cl. The molecule has 0 heterocycles. The van der Waals surface area contributed by atoms with Gasteiger partial charge in [-0.3, -0.25) is 0 Å². The van der Waals surface area contributed by atoms with Crippen LogP contribution in [0.3, 0.4) is 0 Å². The molecule has 0 aliphatic heterocycles. The molecule has 92 valence electrons. The Labute approximate surface area is 105 Å². The van der Waals surface area contributed by atoms with E-state index in [1.807, 2.05) is 19.9 Å². The third-order valence-electron chi connectivity index (χ3n) is 1.91. The maximum Gasteiger partial charge on any atom is 0.265 e. The van der Waals surface area contributed by atoms with E-state index in [-0.39, 0.29) is 22.1 Å². The van der Waals surface area contributed by atoms with Gasteiger partial charge in [-0.15, -0.1) is 0 Å². The summed E-state index contributed by atoms with van der Waals surface area (Å²) < 4.78 is 28.0. The summed E-state index contributed by atoms with van der Waals surface area (Å²) in [6, 6.07) is 5.99. The van der Waals surface area contributed by atoms with Crippen LogP contribution in [0.25, 0.3) is 0 Å². The summed E-state index contributed by atoms with van der Waals surface area (Å²) in [7, 11) is 1.37. The highest BCUT2D eigenvalue weighted by molar-refractivity contribution is 8.13. The molecule has 1 rings (SSSR count). The van der Waals surface area contributed by atoms with Crippen molar-refractivity contribution in [2.45, 2.75) is 18.7 Å². The van der Waals surface area contributed by atoms with Crippen molar-refractivity contribution in [3.63, 3.8) is 0 Å². The molecule has 0 fully saturated rings. The Balaban J connectivity index is 3.18. The van der Waals surface area contributed by atoms with Gasteiger partial charge >= 0.3 is 0 Å². The quantitative estimate of drug-likeness (QED) is 0.791. The highest BCUT2D eigenvalue weighted by Gasteiger charge is 2.18. The van der Waals surface area contributed by atoms with Crippen LogP contribution in [0.2, 0.25) is 0 Å². The smallest absolute Gasteiger partial charge is 0.265 e. The molecule has 17 heavy (non-hydrogen) atoms. The zero-order chi connectivity index (χ0) is 13.1. The van der Waals surface area contributed by atoms with Gasteiger partial charge in [-0.1, -0.05) is 13.8 Å². The Bertz CT molecular complexity index is 546. The maximum atomic E-state index is 11.3. The van der Waals surface area contributed by atoms with E-state index in [0.29, 0.717) is 6.61 Å². The summed E-state index contributed by atoms with van der Waals surface area (Å²) in [5.41, 5.74) is 0.223. The highest BCUT2D eigenvalue weighted by atomic mass is 35.7. The van der Waals surface area contributed by atoms with E-state index >= 15 is 0 Å². The molecule has 0 N–H and O–H groups in total. The summed E-state index contributed by atoms with van der Waals surface area (Å²) in [4.78, 5) is -0.168. The lowest BCUT2D eigenvalue weighted by atomic mass is 10.2. The fourth-order valence-electron chi connectivity index (χ4n) is 1.14. The molecule has 4 nitrogen and oxygen atoms in total. The molecule has 0 amide bonds. The van der Waals surface area contributed by atoms with E-state index in [4.69, 9.17) is 20.7 Å². The van der Waals surface area contributed by atoms with Crippen LogP contribution in [0.1, 0.15) is 19.4 Å². The molecule has 0 saturated carbocycles. The van der Waals surface area contributed by atoms with Crippen molar-refractivity contribution >= 4 is 19.7 Å². The molecule has 0 aliphatic rings. The van der Waals surface area contributed by atoms with Gasteiger partial charge in [-0.05, 0) is 24.1 Å². The largest absolute Gasteiger partial charge is 0.492 e. The molecule has 0 atom stereocenters. The summed E-state index contributed by atoms with van der Waals surface area (Å²) in [5, 5.41) is 8.71. The van der Waals surface area contributed by atoms with Crippen molar-refractivity contribution < 1.29 is 13.2 Å². The maximum absolute atomic E-state index is 11.3. The van der Waals surface area contributed by atoms with Crippen LogP contribution in [-0.4, -0.2) is 15.0 Å². The third kappa shape index (κ3) is 3.91. The lowest BCUT2D eigenvalue weighted by molar-refractivity contribution is 0.265. The molecule has 1 aromatic carbocycles. The van der Waals surface area contributed by atoms with Crippen molar-refractivity contribution in [3.05, 3.63) is 23.8 Å². The van der Waals surface area contributed by atoms with Gasteiger partial charge in [-0.25, -0.2) is 8.42 Å². The zero-order valence-electron chi connectivity index (χ0n) is 9.47. The molecule has 6 heteroatoms. The first kappa shape index (κ1) is 13.8. The molecule has 0 radical (unpaired) electrons. The second-order valence-corrected chi connectivity index (χ2v) is 6.45. The normalized spacial score (nSPS) is 11.2. The first-order valence-electron chi connectivity index (χ1n) is 4.96. The Morgan fingerprint density at radius 1 is 1.47 bits per heavy atom. The number of nitriles is 1. The second kappa shape index (κ2) is 5.39. The average Bonchev–Trinajstić information content (AvgIpc) is 2.24. The fourth-order valence-corrected chi connectivity index (χ4v) is 2.14. The monoisotopic (exact) mass is 273 g/mol. The average molecular weight is 274 g/mol. The lowest BCUT2D eigenvalue weighted by Crippen LogP contribution is -2.07. The highest BCUT2D eigenvalue weighted by Crippen LogP contribution is 2.28. The van der Waals surface area contributed by atoms with Crippen molar-refractivity contribution in [3.8, 4) is 11.8 Å². The van der Waals surface area contributed by atoms with Gasteiger partial charge in [-0.2, -0.15) is 5.26 Å². The Kier molecular flexibility index (Phi) is 4.38. The van der Waals surface area contributed by atoms with Crippen molar-refractivity contribution in [1.29, 1.82) is 5.26 Å². The summed E-state index contributed by atoms with van der Waals surface area (Å²) in [6.07, 6.45) is 0. The number of benzene rings is 1. The molecular formula is C11H12ClNO3S. The van der Waals surface area contributed by atoms with E-state index in [1.165, 1.54) is 18.2 Å². The minimum Gasteiger partial charge on any atom is -0.492 e. The number of ether oxygens (including phenoxy) is 1. The van der Waals surface area contributed by atoms with Crippen LogP contribution in [-0.2, 0) is 9.05 Å². The van der Waals surface area contributed by atoms with Crippen molar-refractivity contribution in [2.24, 2.45) is 5.92 Å². The number of nitrogens with zero attached hydrogens (tertiary/aromatic N) is 1. The van der Waals surface area contributed by atoms with E-state index in [2.05, 4.69) is 0 Å². The molecule has 0 aromatic heterocycles. The number of rotatable bonds is 4. The molecule has 0 spiro atoms. The number of hydrogen-bond acceptors (Lipinski definition) is 4. The van der Waals surface area contributed by atoms with Gasteiger partial charge in [0.25, 0.3) is 9.05 Å². The molecule has 0 aliphatic carbocycles. The van der Waals surface area contributed by atoms with E-state index in [9.17, 15) is 8.42 Å². The first-order valence-corrected chi connectivity index (χ1v) is 7.27. The van der Waals surface area contributed by atoms with Crippen LogP contribution in [0.4, 0.5) is 0 Å². The number of halogens is 1. The van der Waals surface area contributed by atoms with Gasteiger partial charge < -0.3 is 4.74 Å². The van der Waals surface area contributed by atoms with Crippen LogP contribution < -0.4 is 4.74 Å². The van der Waals surface area contributed by atoms with Crippen LogP contribution in [0, 0.1) is 17.2 Å². The lowest BCUT2D eigenvalue weighted by Gasteiger charge is -2.11. The summed E-state index contributed by atoms with van der Waals surface area (Å²) in [6.45, 7) is 4.27. The molecular weight excluding hydrogens is 262 g/mol. The van der Waals surface area contributed by atoms with Gasteiger partial charge in [0.05, 0.1) is 18.2 Å². The van der Waals surface area contributed by atoms with E-state index in [1.54, 1.807) is 0 Å². The van der Waals surface area contributed by atoms with E-state index in [0.717, 1.165) is 0 Å². The van der Waals surface area contributed by atoms with Gasteiger partial charge in [0.15, 0.2) is 0 Å². The predicted octanol–water partition coefficient (Wildman–Crippen LogP) is 2.52. The predicted molar refractivity (Wildman–Crippen MR) is 64.5 cm³/mol. The summed E-state index contributed by atoms with van der Waals surface area (Å²) in [5.74, 6) is 0.434. The van der Waals surface area contributed by atoms with Crippen molar-refractivity contribution in [1.82, 2.24) is 0 Å². The standard InChI is InChI=1S/C11H12ClNO3S/c1-8(2)7-16-10-4-3-9(6-13)5-11(10)17(12,14)15/h3-5,8H,7H2,1-2H3. The van der Waals surface area contributed by atoms with Gasteiger partial charge in [0.1, 0.15) is 10.6 Å². The van der Waals surface area contributed by atoms with Crippen LogP contribution in [0.5, 0.6) is 5.75 Å². The molecule has 0 saturated heterocycles. The van der Waals surface area contributed by atoms with Gasteiger partial charge in [0.2, 0.25) is 0 Å². The first-order chi connectivity index (χ1) is 7.84. The topological polar surface area (TPSA) is 67.2 Å². The van der Waals surface area contributed by atoms with E-state index < -0.39 is 9.05 Å². The molecule has 0 bridgehead atoms. The Morgan fingerprint density at radius 2 is 2.12 bits per heavy atom. The van der Waals surface area contributed by atoms with Gasteiger partial charge in [0, 0.05) is 10.7 Å². The second-order valence-electron chi connectivity index (χ2n) is 3.92. The van der Waals surface area contributed by atoms with Crippen LogP contribution in [0.15, 0.2) is 23.1 Å². The Morgan fingerprint density at radius 3 is 2.59 bits per heavy atom. The minimum atomic E-state index is -3.92. The summed E-state index contributed by atoms with van der Waals surface area (Å²) >= 11 is 0. The number of hydrogen-bond donors (Lipinski definition) is 0. The van der Waals surface area contributed by atoms with Crippen molar-refractivity contribution in [2.75, 3.05) is 6.61 Å².